The Morgan fingerprint density at radius 3 is 2.59 bits per heavy atom. The van der Waals surface area contributed by atoms with Crippen LogP contribution in [0.3, 0.4) is 0 Å². The van der Waals surface area contributed by atoms with Crippen molar-refractivity contribution < 1.29 is 0 Å². The molecule has 144 valence electrons. The Morgan fingerprint density at radius 2 is 1.89 bits per heavy atom. The molecular formula is C20H26N4OS2. The summed E-state index contributed by atoms with van der Waals surface area (Å²) < 4.78 is 2.42. The number of nitrogens with one attached hydrogen (secondary N) is 1. The lowest BCUT2D eigenvalue weighted by Gasteiger charge is -2.18. The first kappa shape index (κ1) is 18.7. The molecule has 1 atom stereocenters. The van der Waals surface area contributed by atoms with E-state index in [1.54, 1.807) is 23.1 Å². The van der Waals surface area contributed by atoms with Crippen LogP contribution in [0.4, 0.5) is 0 Å². The fourth-order valence-electron chi connectivity index (χ4n) is 3.95. The lowest BCUT2D eigenvalue weighted by molar-refractivity contribution is 0.471. The summed E-state index contributed by atoms with van der Waals surface area (Å²) >= 11 is 3.30. The highest BCUT2D eigenvalue weighted by Crippen LogP contribution is 2.39. The zero-order chi connectivity index (χ0) is 19.3. The predicted octanol–water partition coefficient (Wildman–Crippen LogP) is 5.38. The minimum Gasteiger partial charge on any atom is -0.320 e. The van der Waals surface area contributed by atoms with Crippen LogP contribution in [0.25, 0.3) is 10.2 Å². The topological polar surface area (TPSA) is 63.6 Å². The van der Waals surface area contributed by atoms with Crippen LogP contribution in [-0.2, 0) is 0 Å². The lowest BCUT2D eigenvalue weighted by Crippen LogP contribution is -2.13. The van der Waals surface area contributed by atoms with Crippen LogP contribution in [0.15, 0.2) is 9.95 Å². The average molecular weight is 403 g/mol. The first-order valence-corrected chi connectivity index (χ1v) is 11.3. The molecule has 0 amide bonds. The first-order chi connectivity index (χ1) is 12.9. The molecule has 1 aliphatic carbocycles. The Labute approximate surface area is 167 Å². The van der Waals surface area contributed by atoms with Crippen LogP contribution >= 0.6 is 23.1 Å². The summed E-state index contributed by atoms with van der Waals surface area (Å²) in [6.45, 7) is 10.4. The molecule has 1 N–H and O–H groups in total. The van der Waals surface area contributed by atoms with Gasteiger partial charge < -0.3 is 9.55 Å². The third-order valence-corrected chi connectivity index (χ3v) is 7.95. The van der Waals surface area contributed by atoms with E-state index in [-0.39, 0.29) is 10.8 Å². The van der Waals surface area contributed by atoms with Crippen molar-refractivity contribution in [3.63, 3.8) is 0 Å². The molecule has 3 aromatic rings. The molecule has 4 rings (SSSR count). The summed E-state index contributed by atoms with van der Waals surface area (Å²) in [6.07, 6.45) is 5.05. The van der Waals surface area contributed by atoms with Crippen molar-refractivity contribution in [2.24, 2.45) is 0 Å². The van der Waals surface area contributed by atoms with Crippen molar-refractivity contribution >= 4 is 33.3 Å². The summed E-state index contributed by atoms with van der Waals surface area (Å²) in [6, 6.07) is 0.554. The van der Waals surface area contributed by atoms with Crippen molar-refractivity contribution in [3.8, 4) is 0 Å². The van der Waals surface area contributed by atoms with Gasteiger partial charge in [0.15, 0.2) is 5.16 Å². The molecule has 0 spiro atoms. The number of hydrogen-bond acceptors (Lipinski definition) is 5. The summed E-state index contributed by atoms with van der Waals surface area (Å²) in [5, 5.41) is 1.81. The van der Waals surface area contributed by atoms with E-state index in [0.717, 1.165) is 37.3 Å². The number of imidazole rings is 1. The Hall–Kier alpha value is -1.60. The van der Waals surface area contributed by atoms with Gasteiger partial charge in [-0.2, -0.15) is 0 Å². The summed E-state index contributed by atoms with van der Waals surface area (Å²) in [5.74, 6) is 0.732. The maximum absolute atomic E-state index is 12.6. The summed E-state index contributed by atoms with van der Waals surface area (Å²) in [7, 11) is 0. The number of fused-ring (bicyclic) bond motifs is 1. The van der Waals surface area contributed by atoms with Crippen LogP contribution in [0.1, 0.15) is 71.6 Å². The molecule has 1 saturated carbocycles. The van der Waals surface area contributed by atoms with Gasteiger partial charge in [0.05, 0.1) is 16.3 Å². The van der Waals surface area contributed by atoms with Gasteiger partial charge in [0.1, 0.15) is 10.7 Å². The van der Waals surface area contributed by atoms with Crippen LogP contribution in [0.2, 0.25) is 0 Å². The van der Waals surface area contributed by atoms with Gasteiger partial charge >= 0.3 is 0 Å². The van der Waals surface area contributed by atoms with E-state index in [1.165, 1.54) is 31.4 Å². The number of aryl methyl sites for hydroxylation is 3. The smallest absolute Gasteiger partial charge is 0.259 e. The number of thiophene rings is 1. The van der Waals surface area contributed by atoms with Gasteiger partial charge in [0, 0.05) is 16.6 Å². The molecule has 0 aromatic carbocycles. The predicted molar refractivity (Wildman–Crippen MR) is 113 cm³/mol. The number of nitrogens with zero attached hydrogens (tertiary/aromatic N) is 3. The minimum atomic E-state index is -0.0317. The van der Waals surface area contributed by atoms with Crippen molar-refractivity contribution in [1.82, 2.24) is 19.5 Å². The number of aromatic nitrogens is 4. The van der Waals surface area contributed by atoms with E-state index in [2.05, 4.69) is 30.3 Å². The minimum absolute atomic E-state index is 0.0317. The van der Waals surface area contributed by atoms with Crippen molar-refractivity contribution in [2.45, 2.75) is 76.8 Å². The Morgan fingerprint density at radius 1 is 1.19 bits per heavy atom. The van der Waals surface area contributed by atoms with E-state index in [1.807, 2.05) is 13.8 Å². The molecule has 3 heterocycles. The van der Waals surface area contributed by atoms with Gasteiger partial charge in [-0.05, 0) is 53.0 Å². The summed E-state index contributed by atoms with van der Waals surface area (Å²) in [5.41, 5.74) is 3.37. The van der Waals surface area contributed by atoms with Gasteiger partial charge in [-0.15, -0.1) is 11.3 Å². The fourth-order valence-corrected chi connectivity index (χ4v) is 6.12. The molecular weight excluding hydrogens is 376 g/mol. The number of hydrogen-bond donors (Lipinski definition) is 1. The SMILES string of the molecule is Cc1nc(S[C@H](C)c2nc3sc(C)c(C)c3c(=O)[nH]2)n(C2CCCC2)c1C. The van der Waals surface area contributed by atoms with Gasteiger partial charge in [0.2, 0.25) is 0 Å². The average Bonchev–Trinajstić information content (AvgIpc) is 3.29. The second kappa shape index (κ2) is 7.09. The van der Waals surface area contributed by atoms with Crippen molar-refractivity contribution in [2.75, 3.05) is 0 Å². The van der Waals surface area contributed by atoms with Crippen molar-refractivity contribution in [3.05, 3.63) is 38.0 Å². The van der Waals surface area contributed by atoms with Crippen molar-refractivity contribution in [1.29, 1.82) is 0 Å². The highest BCUT2D eigenvalue weighted by atomic mass is 32.2. The van der Waals surface area contributed by atoms with Crippen LogP contribution < -0.4 is 5.56 Å². The van der Waals surface area contributed by atoms with Gasteiger partial charge in [0.25, 0.3) is 5.56 Å². The second-order valence-corrected chi connectivity index (χ2v) is 10.1. The van der Waals surface area contributed by atoms with E-state index >= 15 is 0 Å². The number of rotatable bonds is 4. The molecule has 1 fully saturated rings. The molecule has 0 aliphatic heterocycles. The molecule has 27 heavy (non-hydrogen) atoms. The van der Waals surface area contributed by atoms with Gasteiger partial charge in [-0.3, -0.25) is 4.79 Å². The largest absolute Gasteiger partial charge is 0.320 e. The third-order valence-electron chi connectivity index (χ3n) is 5.77. The van der Waals surface area contributed by atoms with Gasteiger partial charge in [-0.1, -0.05) is 24.6 Å². The Bertz CT molecular complexity index is 1060. The number of thioether (sulfide) groups is 1. The van der Waals surface area contributed by atoms with E-state index in [9.17, 15) is 4.79 Å². The monoisotopic (exact) mass is 402 g/mol. The van der Waals surface area contributed by atoms with Crippen LogP contribution in [0.5, 0.6) is 0 Å². The molecule has 5 nitrogen and oxygen atoms in total. The molecule has 0 unspecified atom stereocenters. The zero-order valence-corrected chi connectivity index (χ0v) is 18.2. The lowest BCUT2D eigenvalue weighted by atomic mass is 10.2. The maximum Gasteiger partial charge on any atom is 0.259 e. The molecule has 7 heteroatoms. The fraction of sp³-hybridized carbons (Fsp3) is 0.550. The number of H-pyrrole nitrogens is 1. The highest BCUT2D eigenvalue weighted by Gasteiger charge is 2.25. The molecule has 0 saturated heterocycles. The summed E-state index contributed by atoms with van der Waals surface area (Å²) in [4.78, 5) is 27.2. The van der Waals surface area contributed by atoms with E-state index in [0.29, 0.717) is 6.04 Å². The third kappa shape index (κ3) is 3.25. The maximum atomic E-state index is 12.6. The van der Waals surface area contributed by atoms with E-state index in [4.69, 9.17) is 9.97 Å². The van der Waals surface area contributed by atoms with Crippen LogP contribution in [0, 0.1) is 27.7 Å². The zero-order valence-electron chi connectivity index (χ0n) is 16.5. The standard InChI is InChI=1S/C20H26N4OS2/c1-10-13(4)26-19-16(10)18(25)22-17(23-19)14(5)27-20-21-11(2)12(3)24(20)15-8-6-7-9-15/h14-15H,6-9H2,1-5H3,(H,22,23,25)/t14-/m1/s1. The van der Waals surface area contributed by atoms with Crippen LogP contribution in [-0.4, -0.2) is 19.5 Å². The molecule has 0 bridgehead atoms. The van der Waals surface area contributed by atoms with E-state index < -0.39 is 0 Å². The number of aromatic amines is 1. The molecule has 1 aliphatic rings. The Kier molecular flexibility index (Phi) is 4.93. The second-order valence-electron chi connectivity index (χ2n) is 7.55. The molecule has 0 radical (unpaired) electrons. The Balaban J connectivity index is 1.69. The normalized spacial score (nSPS) is 16.5. The molecule has 3 aromatic heterocycles. The first-order valence-electron chi connectivity index (χ1n) is 9.58. The van der Waals surface area contributed by atoms with Gasteiger partial charge in [-0.25, -0.2) is 9.97 Å². The quantitative estimate of drug-likeness (QED) is 0.595. The highest BCUT2D eigenvalue weighted by molar-refractivity contribution is 7.99.